The highest BCUT2D eigenvalue weighted by molar-refractivity contribution is 7.80. The van der Waals surface area contributed by atoms with Crippen LogP contribution in [0, 0.1) is 17.0 Å². The molecular weight excluding hydrogens is 324 g/mol. The van der Waals surface area contributed by atoms with Gasteiger partial charge in [-0.25, -0.2) is 0 Å². The number of nitro groups is 1. The molecule has 22 heavy (non-hydrogen) atoms. The molecule has 114 valence electrons. The molecule has 8 heteroatoms. The van der Waals surface area contributed by atoms with Gasteiger partial charge in [0.05, 0.1) is 4.92 Å². The maximum atomic E-state index is 10.9. The molecule has 0 saturated carbocycles. The molecule has 0 aromatic heterocycles. The Morgan fingerprint density at radius 2 is 2.00 bits per heavy atom. The molecule has 0 saturated heterocycles. The standard InChI is InChI=1S/C14H13ClN4O2S/c1-9-6-7-10(8-11(9)15)16-14(22)18-17-12-4-2-3-5-13(12)19(20)21/h2-8,17H,1H3,(H2,16,18,22). The average Bonchev–Trinajstić information content (AvgIpc) is 2.49. The molecule has 0 radical (unpaired) electrons. The van der Waals surface area contributed by atoms with Gasteiger partial charge in [0.15, 0.2) is 5.11 Å². The number of anilines is 2. The minimum absolute atomic E-state index is 0.0452. The van der Waals surface area contributed by atoms with Crippen molar-refractivity contribution in [3.8, 4) is 0 Å². The van der Waals surface area contributed by atoms with Crippen molar-refractivity contribution in [1.29, 1.82) is 0 Å². The first kappa shape index (κ1) is 16.0. The van der Waals surface area contributed by atoms with Gasteiger partial charge in [-0.2, -0.15) is 0 Å². The topological polar surface area (TPSA) is 79.2 Å². The molecule has 2 rings (SSSR count). The van der Waals surface area contributed by atoms with Crippen molar-refractivity contribution >= 4 is 46.0 Å². The van der Waals surface area contributed by atoms with Crippen molar-refractivity contribution in [2.24, 2.45) is 0 Å². The largest absolute Gasteiger partial charge is 0.331 e. The molecular formula is C14H13ClN4O2S. The second-order valence-electron chi connectivity index (χ2n) is 4.44. The van der Waals surface area contributed by atoms with Gasteiger partial charge in [-0.05, 0) is 42.9 Å². The van der Waals surface area contributed by atoms with E-state index in [1.54, 1.807) is 24.3 Å². The van der Waals surface area contributed by atoms with Crippen molar-refractivity contribution in [3.63, 3.8) is 0 Å². The molecule has 0 bridgehead atoms. The lowest BCUT2D eigenvalue weighted by Crippen LogP contribution is -2.33. The van der Waals surface area contributed by atoms with Gasteiger partial charge in [0.1, 0.15) is 5.69 Å². The predicted octanol–water partition coefficient (Wildman–Crippen LogP) is 3.87. The number of thiocarbonyl (C=S) groups is 1. The summed E-state index contributed by atoms with van der Waals surface area (Å²) in [5.74, 6) is 0. The van der Waals surface area contributed by atoms with Gasteiger partial charge in [-0.15, -0.1) is 0 Å². The van der Waals surface area contributed by atoms with E-state index in [1.807, 2.05) is 19.1 Å². The number of nitrogens with one attached hydrogen (secondary N) is 3. The van der Waals surface area contributed by atoms with E-state index in [0.717, 1.165) is 11.3 Å². The zero-order valence-electron chi connectivity index (χ0n) is 11.6. The monoisotopic (exact) mass is 336 g/mol. The Kier molecular flexibility index (Phi) is 5.13. The van der Waals surface area contributed by atoms with Crippen LogP contribution in [0.1, 0.15) is 5.56 Å². The molecule has 0 heterocycles. The third-order valence-electron chi connectivity index (χ3n) is 2.84. The number of nitro benzene ring substituents is 1. The fourth-order valence-electron chi connectivity index (χ4n) is 1.70. The lowest BCUT2D eigenvalue weighted by atomic mass is 10.2. The number of para-hydroxylation sites is 2. The molecule has 0 aliphatic carbocycles. The Labute approximate surface area is 137 Å². The summed E-state index contributed by atoms with van der Waals surface area (Å²) in [6.07, 6.45) is 0. The number of aryl methyl sites for hydroxylation is 1. The van der Waals surface area contributed by atoms with E-state index < -0.39 is 4.92 Å². The molecule has 0 aliphatic heterocycles. The summed E-state index contributed by atoms with van der Waals surface area (Å²) in [6, 6.07) is 11.7. The number of hydrogen-bond donors (Lipinski definition) is 3. The van der Waals surface area contributed by atoms with Crippen molar-refractivity contribution in [2.45, 2.75) is 6.92 Å². The minimum Gasteiger partial charge on any atom is -0.331 e. The van der Waals surface area contributed by atoms with Crippen LogP contribution in [-0.4, -0.2) is 10.0 Å². The van der Waals surface area contributed by atoms with Gasteiger partial charge < -0.3 is 5.32 Å². The number of hydrazine groups is 1. The SMILES string of the molecule is Cc1ccc(NC(=S)NNc2ccccc2[N+](=O)[O-])cc1Cl. The first-order valence-corrected chi connectivity index (χ1v) is 7.08. The van der Waals surface area contributed by atoms with Crippen molar-refractivity contribution in [3.05, 3.63) is 63.2 Å². The van der Waals surface area contributed by atoms with E-state index >= 15 is 0 Å². The highest BCUT2D eigenvalue weighted by Crippen LogP contribution is 2.22. The zero-order chi connectivity index (χ0) is 16.1. The summed E-state index contributed by atoms with van der Waals surface area (Å²) < 4.78 is 0. The maximum absolute atomic E-state index is 10.9. The Morgan fingerprint density at radius 3 is 2.68 bits per heavy atom. The molecule has 0 unspecified atom stereocenters. The quantitative estimate of drug-likeness (QED) is 0.447. The first-order valence-electron chi connectivity index (χ1n) is 6.30. The number of benzene rings is 2. The number of nitrogens with zero attached hydrogens (tertiary/aromatic N) is 1. The number of halogens is 1. The van der Waals surface area contributed by atoms with Crippen molar-refractivity contribution in [1.82, 2.24) is 5.43 Å². The van der Waals surface area contributed by atoms with Gasteiger partial charge in [-0.1, -0.05) is 29.8 Å². The van der Waals surface area contributed by atoms with Crippen LogP contribution >= 0.6 is 23.8 Å². The first-order chi connectivity index (χ1) is 10.5. The fraction of sp³-hybridized carbons (Fsp3) is 0.0714. The van der Waals surface area contributed by atoms with E-state index in [9.17, 15) is 10.1 Å². The lowest BCUT2D eigenvalue weighted by Gasteiger charge is -2.13. The Hall–Kier alpha value is -2.38. The van der Waals surface area contributed by atoms with Crippen molar-refractivity contribution < 1.29 is 4.92 Å². The van der Waals surface area contributed by atoms with E-state index in [2.05, 4.69) is 16.2 Å². The fourth-order valence-corrected chi connectivity index (χ4v) is 2.05. The van der Waals surface area contributed by atoms with Crippen LogP contribution in [0.5, 0.6) is 0 Å². The molecule has 0 aliphatic rings. The third kappa shape index (κ3) is 4.06. The summed E-state index contributed by atoms with van der Waals surface area (Å²) in [7, 11) is 0. The zero-order valence-corrected chi connectivity index (χ0v) is 13.2. The van der Waals surface area contributed by atoms with E-state index in [0.29, 0.717) is 10.7 Å². The molecule has 2 aromatic rings. The summed E-state index contributed by atoms with van der Waals surface area (Å²) in [5.41, 5.74) is 7.37. The lowest BCUT2D eigenvalue weighted by molar-refractivity contribution is -0.384. The summed E-state index contributed by atoms with van der Waals surface area (Å²) in [6.45, 7) is 1.90. The van der Waals surface area contributed by atoms with E-state index in [4.69, 9.17) is 23.8 Å². The summed E-state index contributed by atoms with van der Waals surface area (Å²) in [4.78, 5) is 10.4. The number of hydrogen-bond acceptors (Lipinski definition) is 4. The molecule has 0 amide bonds. The Balaban J connectivity index is 1.98. The molecule has 0 fully saturated rings. The maximum Gasteiger partial charge on any atom is 0.294 e. The van der Waals surface area contributed by atoms with Crippen LogP contribution in [0.2, 0.25) is 5.02 Å². The van der Waals surface area contributed by atoms with Gasteiger partial charge in [0.25, 0.3) is 5.69 Å². The number of rotatable bonds is 4. The van der Waals surface area contributed by atoms with Crippen LogP contribution in [0.4, 0.5) is 17.1 Å². The average molecular weight is 337 g/mol. The van der Waals surface area contributed by atoms with E-state index in [-0.39, 0.29) is 10.8 Å². The van der Waals surface area contributed by atoms with Gasteiger partial charge >= 0.3 is 0 Å². The van der Waals surface area contributed by atoms with Gasteiger partial charge in [0.2, 0.25) is 0 Å². The minimum atomic E-state index is -0.472. The highest BCUT2D eigenvalue weighted by atomic mass is 35.5. The molecule has 2 aromatic carbocycles. The second kappa shape index (κ2) is 7.06. The Bertz CT molecular complexity index is 724. The molecule has 3 N–H and O–H groups in total. The summed E-state index contributed by atoms with van der Waals surface area (Å²) >= 11 is 11.2. The van der Waals surface area contributed by atoms with Crippen LogP contribution in [0.3, 0.4) is 0 Å². The van der Waals surface area contributed by atoms with E-state index in [1.165, 1.54) is 6.07 Å². The van der Waals surface area contributed by atoms with Gasteiger partial charge in [-0.3, -0.25) is 21.0 Å². The molecule has 0 atom stereocenters. The normalized spacial score (nSPS) is 9.91. The third-order valence-corrected chi connectivity index (χ3v) is 3.45. The highest BCUT2D eigenvalue weighted by Gasteiger charge is 2.12. The van der Waals surface area contributed by atoms with Gasteiger partial charge in [0, 0.05) is 16.8 Å². The molecule has 0 spiro atoms. The van der Waals surface area contributed by atoms with Crippen LogP contribution in [-0.2, 0) is 0 Å². The Morgan fingerprint density at radius 1 is 1.27 bits per heavy atom. The van der Waals surface area contributed by atoms with Crippen LogP contribution in [0.25, 0.3) is 0 Å². The summed E-state index contributed by atoms with van der Waals surface area (Å²) in [5, 5.41) is 14.7. The smallest absolute Gasteiger partial charge is 0.294 e. The van der Waals surface area contributed by atoms with Crippen molar-refractivity contribution in [2.75, 3.05) is 10.7 Å². The van der Waals surface area contributed by atoms with Crippen LogP contribution < -0.4 is 16.2 Å². The molecule has 6 nitrogen and oxygen atoms in total. The van der Waals surface area contributed by atoms with Crippen LogP contribution in [0.15, 0.2) is 42.5 Å². The predicted molar refractivity (Wildman–Crippen MR) is 92.3 cm³/mol. The second-order valence-corrected chi connectivity index (χ2v) is 5.26.